The number of nitrogens with one attached hydrogen (secondary N) is 1. The zero-order chi connectivity index (χ0) is 22.1. The zero-order valence-electron chi connectivity index (χ0n) is 18.2. The first-order valence-corrected chi connectivity index (χ1v) is 10.3. The van der Waals surface area contributed by atoms with Gasteiger partial charge in [-0.25, -0.2) is 0 Å². The van der Waals surface area contributed by atoms with Gasteiger partial charge in [0.2, 0.25) is 5.91 Å². The fourth-order valence-corrected chi connectivity index (χ4v) is 4.28. The van der Waals surface area contributed by atoms with Crippen LogP contribution < -0.4 is 19.8 Å². The quantitative estimate of drug-likeness (QED) is 0.681. The number of hydrogen-bond donors (Lipinski definition) is 1. The highest BCUT2D eigenvalue weighted by Crippen LogP contribution is 2.40. The third kappa shape index (κ3) is 3.60. The zero-order valence-corrected chi connectivity index (χ0v) is 18.2. The minimum atomic E-state index is -0.508. The van der Waals surface area contributed by atoms with Gasteiger partial charge in [0.25, 0.3) is 5.56 Å². The molecule has 1 amide bonds. The highest BCUT2D eigenvalue weighted by Gasteiger charge is 2.34. The van der Waals surface area contributed by atoms with E-state index in [9.17, 15) is 9.59 Å². The van der Waals surface area contributed by atoms with Gasteiger partial charge in [-0.1, -0.05) is 6.92 Å². The molecule has 0 aliphatic carbocycles. The van der Waals surface area contributed by atoms with Crippen LogP contribution in [-0.4, -0.2) is 43.7 Å². The monoisotopic (exact) mass is 422 g/mol. The highest BCUT2D eigenvalue weighted by molar-refractivity contribution is 5.82. The number of amides is 1. The lowest BCUT2D eigenvalue weighted by Gasteiger charge is -2.37. The van der Waals surface area contributed by atoms with Crippen molar-refractivity contribution in [1.29, 1.82) is 0 Å². The molecule has 2 heterocycles. The van der Waals surface area contributed by atoms with Gasteiger partial charge in [0.05, 0.1) is 32.9 Å². The number of fused-ring (bicyclic) bond motifs is 2. The van der Waals surface area contributed by atoms with Gasteiger partial charge in [-0.2, -0.15) is 0 Å². The average Bonchev–Trinajstić information content (AvgIpc) is 2.81. The molecule has 1 N–H and O–H groups in total. The van der Waals surface area contributed by atoms with Crippen LogP contribution >= 0.6 is 0 Å². The Bertz CT molecular complexity index is 1200. The number of aromatic nitrogens is 1. The summed E-state index contributed by atoms with van der Waals surface area (Å²) in [6.07, 6.45) is 1.04. The molecule has 7 heteroatoms. The predicted octanol–water partition coefficient (Wildman–Crippen LogP) is 3.44. The third-order valence-corrected chi connectivity index (χ3v) is 5.87. The van der Waals surface area contributed by atoms with Gasteiger partial charge < -0.3 is 24.1 Å². The summed E-state index contributed by atoms with van der Waals surface area (Å²) in [6, 6.07) is 10.7. The van der Waals surface area contributed by atoms with Gasteiger partial charge in [0.1, 0.15) is 5.75 Å². The Morgan fingerprint density at radius 1 is 1.03 bits per heavy atom. The Labute approximate surface area is 180 Å². The molecule has 0 saturated carbocycles. The molecule has 0 unspecified atom stereocenters. The minimum Gasteiger partial charge on any atom is -0.497 e. The summed E-state index contributed by atoms with van der Waals surface area (Å²) in [4.78, 5) is 30.8. The fourth-order valence-electron chi connectivity index (χ4n) is 4.28. The molecule has 0 saturated heterocycles. The number of carbonyl (C=O) groups excluding carboxylic acids is 1. The molecule has 0 fully saturated rings. The molecule has 162 valence electrons. The molecule has 7 nitrogen and oxygen atoms in total. The summed E-state index contributed by atoms with van der Waals surface area (Å²) in [7, 11) is 4.76. The van der Waals surface area contributed by atoms with Gasteiger partial charge in [-0.05, 0) is 53.3 Å². The number of methoxy groups -OCH3 is 3. The smallest absolute Gasteiger partial charge is 0.254 e. The summed E-state index contributed by atoms with van der Waals surface area (Å²) in [5, 5.41) is 0.867. The molecule has 0 radical (unpaired) electrons. The summed E-state index contributed by atoms with van der Waals surface area (Å²) in [5.74, 6) is 1.87. The van der Waals surface area contributed by atoms with E-state index in [-0.39, 0.29) is 11.5 Å². The average molecular weight is 422 g/mol. The van der Waals surface area contributed by atoms with Crippen molar-refractivity contribution in [2.45, 2.75) is 25.8 Å². The second kappa shape index (κ2) is 8.34. The number of H-pyrrole nitrogens is 1. The normalized spacial score (nSPS) is 15.5. The first-order chi connectivity index (χ1) is 15.0. The van der Waals surface area contributed by atoms with Crippen LogP contribution in [0.3, 0.4) is 0 Å². The van der Waals surface area contributed by atoms with E-state index in [1.807, 2.05) is 37.3 Å². The standard InChI is InChI=1S/C24H26N2O5/c1-5-22(27)26-9-8-14-11-20(30-3)21(31-4)13-17(14)23(26)18-10-15-6-7-16(29-2)12-19(15)25-24(18)28/h6-7,10-13,23H,5,8-9H2,1-4H3,(H,25,28)/t23-/m0/s1. The van der Waals surface area contributed by atoms with Crippen molar-refractivity contribution in [2.24, 2.45) is 0 Å². The Balaban J connectivity index is 1.94. The molecule has 31 heavy (non-hydrogen) atoms. The molecular formula is C24H26N2O5. The Morgan fingerprint density at radius 3 is 2.45 bits per heavy atom. The van der Waals surface area contributed by atoms with Crippen LogP contribution in [0, 0.1) is 0 Å². The Kier molecular flexibility index (Phi) is 5.59. The van der Waals surface area contributed by atoms with Gasteiger partial charge in [0.15, 0.2) is 11.5 Å². The van der Waals surface area contributed by atoms with E-state index >= 15 is 0 Å². The SMILES string of the molecule is CCC(=O)N1CCc2cc(OC)c(OC)cc2[C@H]1c1cc2ccc(OC)cc2[nH]c1=O. The van der Waals surface area contributed by atoms with E-state index in [1.165, 1.54) is 0 Å². The molecular weight excluding hydrogens is 396 g/mol. The Hall–Kier alpha value is -3.48. The summed E-state index contributed by atoms with van der Waals surface area (Å²) >= 11 is 0. The van der Waals surface area contributed by atoms with Crippen molar-refractivity contribution in [3.63, 3.8) is 0 Å². The predicted molar refractivity (Wildman–Crippen MR) is 118 cm³/mol. The van der Waals surface area contributed by atoms with Crippen molar-refractivity contribution in [3.05, 3.63) is 63.4 Å². The molecule has 3 aromatic rings. The summed E-state index contributed by atoms with van der Waals surface area (Å²) in [5.41, 5.74) is 2.89. The van der Waals surface area contributed by atoms with Crippen LogP contribution in [0.2, 0.25) is 0 Å². The second-order valence-electron chi connectivity index (χ2n) is 7.51. The van der Waals surface area contributed by atoms with Crippen LogP contribution in [0.25, 0.3) is 10.9 Å². The van der Waals surface area contributed by atoms with Crippen molar-refractivity contribution in [2.75, 3.05) is 27.9 Å². The lowest BCUT2D eigenvalue weighted by atomic mass is 9.87. The van der Waals surface area contributed by atoms with Crippen LogP contribution in [0.4, 0.5) is 0 Å². The van der Waals surface area contributed by atoms with E-state index in [0.717, 1.165) is 16.5 Å². The van der Waals surface area contributed by atoms with E-state index < -0.39 is 6.04 Å². The number of pyridine rings is 1. The number of rotatable bonds is 5. The fraction of sp³-hybridized carbons (Fsp3) is 0.333. The number of benzene rings is 2. The van der Waals surface area contributed by atoms with Gasteiger partial charge in [0, 0.05) is 24.6 Å². The molecule has 2 aromatic carbocycles. The molecule has 1 aliphatic heterocycles. The van der Waals surface area contributed by atoms with Crippen molar-refractivity contribution >= 4 is 16.8 Å². The molecule has 1 atom stereocenters. The van der Waals surface area contributed by atoms with E-state index in [1.54, 1.807) is 32.3 Å². The van der Waals surface area contributed by atoms with Crippen LogP contribution in [0.1, 0.15) is 36.1 Å². The molecule has 0 bridgehead atoms. The van der Waals surface area contributed by atoms with Gasteiger partial charge in [-0.3, -0.25) is 9.59 Å². The van der Waals surface area contributed by atoms with Gasteiger partial charge >= 0.3 is 0 Å². The maximum absolute atomic E-state index is 13.2. The number of hydrogen-bond acceptors (Lipinski definition) is 5. The number of carbonyl (C=O) groups is 1. The largest absolute Gasteiger partial charge is 0.497 e. The van der Waals surface area contributed by atoms with Crippen molar-refractivity contribution < 1.29 is 19.0 Å². The van der Waals surface area contributed by atoms with Crippen LogP contribution in [0.15, 0.2) is 41.2 Å². The van der Waals surface area contributed by atoms with Crippen LogP contribution in [0.5, 0.6) is 17.2 Å². The molecule has 1 aliphatic rings. The van der Waals surface area contributed by atoms with E-state index in [4.69, 9.17) is 14.2 Å². The summed E-state index contributed by atoms with van der Waals surface area (Å²) in [6.45, 7) is 2.36. The van der Waals surface area contributed by atoms with Crippen molar-refractivity contribution in [1.82, 2.24) is 9.88 Å². The lowest BCUT2D eigenvalue weighted by Crippen LogP contribution is -2.42. The first-order valence-electron chi connectivity index (χ1n) is 10.3. The van der Waals surface area contributed by atoms with Crippen molar-refractivity contribution in [3.8, 4) is 17.2 Å². The van der Waals surface area contributed by atoms with E-state index in [2.05, 4.69) is 4.98 Å². The maximum Gasteiger partial charge on any atom is 0.254 e. The first kappa shape index (κ1) is 20.8. The molecule has 4 rings (SSSR count). The Morgan fingerprint density at radius 2 is 1.77 bits per heavy atom. The number of aromatic amines is 1. The van der Waals surface area contributed by atoms with Crippen LogP contribution in [-0.2, 0) is 11.2 Å². The maximum atomic E-state index is 13.2. The van der Waals surface area contributed by atoms with Gasteiger partial charge in [-0.15, -0.1) is 0 Å². The summed E-state index contributed by atoms with van der Waals surface area (Å²) < 4.78 is 16.2. The topological polar surface area (TPSA) is 80.9 Å². The second-order valence-corrected chi connectivity index (χ2v) is 7.51. The lowest BCUT2D eigenvalue weighted by molar-refractivity contribution is -0.132. The number of nitrogens with zero attached hydrogens (tertiary/aromatic N) is 1. The molecule has 0 spiro atoms. The van der Waals surface area contributed by atoms with E-state index in [0.29, 0.717) is 47.7 Å². The third-order valence-electron chi connectivity index (χ3n) is 5.87. The number of ether oxygens (including phenoxy) is 3. The minimum absolute atomic E-state index is 0.000312. The molecule has 1 aromatic heterocycles. The highest BCUT2D eigenvalue weighted by atomic mass is 16.5.